The monoisotopic (exact) mass is 197 g/mol. The van der Waals surface area contributed by atoms with E-state index in [1.165, 1.54) is 5.56 Å². The van der Waals surface area contributed by atoms with Gasteiger partial charge in [0.1, 0.15) is 6.07 Å². The summed E-state index contributed by atoms with van der Waals surface area (Å²) in [6.07, 6.45) is 4.28. The first-order valence-electron chi connectivity index (χ1n) is 4.88. The lowest BCUT2D eigenvalue weighted by atomic mass is 10.1. The van der Waals surface area contributed by atoms with Crippen LogP contribution in [0.1, 0.15) is 18.1 Å². The molecule has 3 nitrogen and oxygen atoms in total. The highest BCUT2D eigenvalue weighted by molar-refractivity contribution is 5.41. The third-order valence-electron chi connectivity index (χ3n) is 2.33. The summed E-state index contributed by atoms with van der Waals surface area (Å²) in [5.74, 6) is 0. The van der Waals surface area contributed by atoms with Crippen LogP contribution in [0.15, 0.2) is 36.7 Å². The van der Waals surface area contributed by atoms with E-state index in [9.17, 15) is 0 Å². The quantitative estimate of drug-likeness (QED) is 0.741. The molecular formula is C12H11N3. The van der Waals surface area contributed by atoms with Crippen LogP contribution < -0.4 is 0 Å². The number of para-hydroxylation sites is 1. The zero-order valence-electron chi connectivity index (χ0n) is 8.51. The lowest BCUT2D eigenvalue weighted by Crippen LogP contribution is -1.98. The molecule has 0 unspecified atom stereocenters. The third kappa shape index (κ3) is 1.75. The van der Waals surface area contributed by atoms with Gasteiger partial charge in [-0.05, 0) is 18.1 Å². The second-order valence-corrected chi connectivity index (χ2v) is 3.27. The number of aromatic nitrogens is 2. The highest BCUT2D eigenvalue weighted by atomic mass is 15.3. The number of hydrogen-bond donors (Lipinski definition) is 0. The summed E-state index contributed by atoms with van der Waals surface area (Å²) in [5.41, 5.74) is 2.85. The molecule has 0 N–H and O–H groups in total. The molecule has 0 aliphatic heterocycles. The number of aryl methyl sites for hydroxylation is 1. The largest absolute Gasteiger partial charge is 0.239 e. The van der Waals surface area contributed by atoms with Gasteiger partial charge in [-0.15, -0.1) is 0 Å². The fraction of sp³-hybridized carbons (Fsp3) is 0.167. The average Bonchev–Trinajstić information content (AvgIpc) is 2.77. The van der Waals surface area contributed by atoms with Crippen LogP contribution in [0.3, 0.4) is 0 Å². The van der Waals surface area contributed by atoms with Crippen molar-refractivity contribution in [3.05, 3.63) is 47.8 Å². The Balaban J connectivity index is 2.49. The van der Waals surface area contributed by atoms with Gasteiger partial charge in [-0.25, -0.2) is 4.68 Å². The standard InChI is InChI=1S/C12H11N3/c1-2-11-5-3-4-6-12(11)15-9-10(7-13)8-14-15/h3-6,8-9H,2H2,1H3. The molecule has 0 saturated heterocycles. The fourth-order valence-electron chi connectivity index (χ4n) is 1.55. The van der Waals surface area contributed by atoms with E-state index in [2.05, 4.69) is 24.2 Å². The van der Waals surface area contributed by atoms with Crippen molar-refractivity contribution in [1.82, 2.24) is 9.78 Å². The fourth-order valence-corrected chi connectivity index (χ4v) is 1.55. The Morgan fingerprint density at radius 2 is 2.20 bits per heavy atom. The van der Waals surface area contributed by atoms with Gasteiger partial charge in [-0.1, -0.05) is 25.1 Å². The molecular weight excluding hydrogens is 186 g/mol. The molecule has 15 heavy (non-hydrogen) atoms. The van der Waals surface area contributed by atoms with E-state index in [1.54, 1.807) is 17.1 Å². The Labute approximate surface area is 88.6 Å². The van der Waals surface area contributed by atoms with Crippen molar-refractivity contribution in [3.63, 3.8) is 0 Å². The van der Waals surface area contributed by atoms with Gasteiger partial charge in [-0.3, -0.25) is 0 Å². The lowest BCUT2D eigenvalue weighted by molar-refractivity contribution is 0.863. The highest BCUT2D eigenvalue weighted by Gasteiger charge is 2.03. The van der Waals surface area contributed by atoms with Crippen LogP contribution in [0.4, 0.5) is 0 Å². The molecule has 0 amide bonds. The van der Waals surface area contributed by atoms with Gasteiger partial charge in [0.2, 0.25) is 0 Å². The Morgan fingerprint density at radius 1 is 1.40 bits per heavy atom. The summed E-state index contributed by atoms with van der Waals surface area (Å²) in [4.78, 5) is 0. The van der Waals surface area contributed by atoms with E-state index in [-0.39, 0.29) is 0 Å². The molecule has 1 heterocycles. The van der Waals surface area contributed by atoms with E-state index in [4.69, 9.17) is 5.26 Å². The van der Waals surface area contributed by atoms with Crippen molar-refractivity contribution in [3.8, 4) is 11.8 Å². The normalized spacial score (nSPS) is 9.87. The van der Waals surface area contributed by atoms with Crippen molar-refractivity contribution in [2.45, 2.75) is 13.3 Å². The predicted octanol–water partition coefficient (Wildman–Crippen LogP) is 2.31. The van der Waals surface area contributed by atoms with Gasteiger partial charge in [0.15, 0.2) is 0 Å². The van der Waals surface area contributed by atoms with E-state index < -0.39 is 0 Å². The van der Waals surface area contributed by atoms with Gasteiger partial charge < -0.3 is 0 Å². The van der Waals surface area contributed by atoms with Crippen LogP contribution in [-0.4, -0.2) is 9.78 Å². The van der Waals surface area contributed by atoms with Crippen LogP contribution in [0, 0.1) is 11.3 Å². The van der Waals surface area contributed by atoms with E-state index >= 15 is 0 Å². The Morgan fingerprint density at radius 3 is 2.87 bits per heavy atom. The van der Waals surface area contributed by atoms with Crippen molar-refractivity contribution < 1.29 is 0 Å². The molecule has 0 aliphatic carbocycles. The number of hydrogen-bond acceptors (Lipinski definition) is 2. The highest BCUT2D eigenvalue weighted by Crippen LogP contribution is 2.14. The van der Waals surface area contributed by atoms with Gasteiger partial charge >= 0.3 is 0 Å². The van der Waals surface area contributed by atoms with Crippen molar-refractivity contribution in [2.75, 3.05) is 0 Å². The second kappa shape index (κ2) is 3.97. The molecule has 0 radical (unpaired) electrons. The molecule has 1 aromatic heterocycles. The maximum atomic E-state index is 8.72. The van der Waals surface area contributed by atoms with Crippen LogP contribution >= 0.6 is 0 Å². The van der Waals surface area contributed by atoms with E-state index in [0.29, 0.717) is 5.56 Å². The van der Waals surface area contributed by atoms with Gasteiger partial charge in [0, 0.05) is 6.20 Å². The predicted molar refractivity (Wildman–Crippen MR) is 57.7 cm³/mol. The molecule has 74 valence electrons. The SMILES string of the molecule is CCc1ccccc1-n1cc(C#N)cn1. The van der Waals surface area contributed by atoms with E-state index in [1.807, 2.05) is 18.2 Å². The Hall–Kier alpha value is -2.08. The molecule has 2 aromatic rings. The molecule has 0 fully saturated rings. The summed E-state index contributed by atoms with van der Waals surface area (Å²) in [6, 6.07) is 10.1. The molecule has 1 aromatic carbocycles. The third-order valence-corrected chi connectivity index (χ3v) is 2.33. The minimum Gasteiger partial charge on any atom is -0.239 e. The maximum Gasteiger partial charge on any atom is 0.102 e. The van der Waals surface area contributed by atoms with Gasteiger partial charge in [0.25, 0.3) is 0 Å². The summed E-state index contributed by atoms with van der Waals surface area (Å²) in [7, 11) is 0. The van der Waals surface area contributed by atoms with Crippen LogP contribution in [0.25, 0.3) is 5.69 Å². The molecule has 0 spiro atoms. The Kier molecular flexibility index (Phi) is 2.51. The minimum atomic E-state index is 0.584. The van der Waals surface area contributed by atoms with Crippen molar-refractivity contribution in [1.29, 1.82) is 5.26 Å². The first-order valence-corrected chi connectivity index (χ1v) is 4.88. The summed E-state index contributed by atoms with van der Waals surface area (Å²) >= 11 is 0. The minimum absolute atomic E-state index is 0.584. The molecule has 2 rings (SSSR count). The van der Waals surface area contributed by atoms with Crippen LogP contribution in [-0.2, 0) is 6.42 Å². The number of benzene rings is 1. The molecule has 0 bridgehead atoms. The number of rotatable bonds is 2. The van der Waals surface area contributed by atoms with Crippen molar-refractivity contribution in [2.24, 2.45) is 0 Å². The maximum absolute atomic E-state index is 8.72. The summed E-state index contributed by atoms with van der Waals surface area (Å²) in [6.45, 7) is 2.10. The average molecular weight is 197 g/mol. The zero-order valence-corrected chi connectivity index (χ0v) is 8.51. The molecule has 0 aliphatic rings. The summed E-state index contributed by atoms with van der Waals surface area (Å²) in [5, 5.41) is 12.9. The van der Waals surface area contributed by atoms with Crippen LogP contribution in [0.5, 0.6) is 0 Å². The topological polar surface area (TPSA) is 41.6 Å². The number of nitriles is 1. The summed E-state index contributed by atoms with van der Waals surface area (Å²) < 4.78 is 1.75. The lowest BCUT2D eigenvalue weighted by Gasteiger charge is -2.06. The second-order valence-electron chi connectivity index (χ2n) is 3.27. The zero-order chi connectivity index (χ0) is 10.7. The number of nitrogens with zero attached hydrogens (tertiary/aromatic N) is 3. The van der Waals surface area contributed by atoms with Gasteiger partial charge in [-0.2, -0.15) is 10.4 Å². The molecule has 3 heteroatoms. The smallest absolute Gasteiger partial charge is 0.102 e. The Bertz CT molecular complexity index is 506. The van der Waals surface area contributed by atoms with Crippen LogP contribution in [0.2, 0.25) is 0 Å². The van der Waals surface area contributed by atoms with Crippen molar-refractivity contribution >= 4 is 0 Å². The molecule has 0 saturated carbocycles. The van der Waals surface area contributed by atoms with Gasteiger partial charge in [0.05, 0.1) is 17.4 Å². The first-order chi connectivity index (χ1) is 7.35. The molecule has 0 atom stereocenters. The van der Waals surface area contributed by atoms with E-state index in [0.717, 1.165) is 12.1 Å². The first kappa shape index (κ1) is 9.47.